The lowest BCUT2D eigenvalue weighted by molar-refractivity contribution is -0.0932. The van der Waals surface area contributed by atoms with Gasteiger partial charge in [0.1, 0.15) is 0 Å². The molecule has 58 valence electrons. The van der Waals surface area contributed by atoms with Gasteiger partial charge < -0.3 is 14.3 Å². The Balaban J connectivity index is 2.01. The first-order valence-electron chi connectivity index (χ1n) is 3.26. The maximum atomic E-state index is 5.08. The molecule has 0 aromatic rings. The Kier molecular flexibility index (Phi) is 3.18. The van der Waals surface area contributed by atoms with E-state index in [4.69, 9.17) is 14.3 Å². The number of ether oxygens (including phenoxy) is 2. The first kappa shape index (κ1) is 7.50. The number of rotatable bonds is 3. The normalized spacial score (nSPS) is 20.5. The Hall–Kier alpha value is -0.610. The SMILES string of the molecule is CC=NOCC1OCCO1. The highest BCUT2D eigenvalue weighted by molar-refractivity contribution is 5.52. The van der Waals surface area contributed by atoms with E-state index in [9.17, 15) is 0 Å². The van der Waals surface area contributed by atoms with Crippen molar-refractivity contribution in [1.29, 1.82) is 0 Å². The topological polar surface area (TPSA) is 40.0 Å². The third kappa shape index (κ3) is 2.33. The average Bonchev–Trinajstić information content (AvgIpc) is 2.41. The van der Waals surface area contributed by atoms with E-state index in [-0.39, 0.29) is 6.29 Å². The molecule has 1 fully saturated rings. The summed E-state index contributed by atoms with van der Waals surface area (Å²) in [5.41, 5.74) is 0. The Morgan fingerprint density at radius 2 is 2.30 bits per heavy atom. The lowest BCUT2D eigenvalue weighted by Crippen LogP contribution is -2.14. The van der Waals surface area contributed by atoms with Crippen LogP contribution >= 0.6 is 0 Å². The quantitative estimate of drug-likeness (QED) is 0.426. The molecule has 4 nitrogen and oxygen atoms in total. The first-order chi connectivity index (χ1) is 4.93. The highest BCUT2D eigenvalue weighted by Gasteiger charge is 2.15. The minimum atomic E-state index is -0.219. The molecule has 0 bridgehead atoms. The van der Waals surface area contributed by atoms with Gasteiger partial charge in [0.2, 0.25) is 0 Å². The molecule has 0 spiro atoms. The largest absolute Gasteiger partial charge is 0.391 e. The summed E-state index contributed by atoms with van der Waals surface area (Å²) in [6, 6.07) is 0. The van der Waals surface area contributed by atoms with E-state index in [1.54, 1.807) is 13.1 Å². The smallest absolute Gasteiger partial charge is 0.194 e. The van der Waals surface area contributed by atoms with Crippen molar-refractivity contribution < 1.29 is 14.3 Å². The molecule has 1 heterocycles. The minimum absolute atomic E-state index is 0.219. The van der Waals surface area contributed by atoms with Gasteiger partial charge in [-0.25, -0.2) is 0 Å². The standard InChI is InChI=1S/C6H11NO3/c1-2-7-10-5-6-8-3-4-9-6/h2,6H,3-5H2,1H3. The summed E-state index contributed by atoms with van der Waals surface area (Å²) in [5, 5.41) is 3.55. The summed E-state index contributed by atoms with van der Waals surface area (Å²) in [5.74, 6) is 0. The van der Waals surface area contributed by atoms with E-state index in [0.29, 0.717) is 19.8 Å². The molecule has 0 saturated carbocycles. The van der Waals surface area contributed by atoms with Crippen molar-refractivity contribution in [3.63, 3.8) is 0 Å². The second-order valence-corrected chi connectivity index (χ2v) is 1.83. The molecule has 0 atom stereocenters. The van der Waals surface area contributed by atoms with Crippen molar-refractivity contribution in [2.24, 2.45) is 5.16 Å². The van der Waals surface area contributed by atoms with E-state index in [0.717, 1.165) is 0 Å². The van der Waals surface area contributed by atoms with Crippen molar-refractivity contribution in [3.05, 3.63) is 0 Å². The van der Waals surface area contributed by atoms with Crippen molar-refractivity contribution in [2.75, 3.05) is 19.8 Å². The monoisotopic (exact) mass is 145 g/mol. The third-order valence-corrected chi connectivity index (χ3v) is 1.08. The molecule has 0 N–H and O–H groups in total. The molecule has 0 amide bonds. The van der Waals surface area contributed by atoms with Crippen LogP contribution in [0.5, 0.6) is 0 Å². The Morgan fingerprint density at radius 1 is 1.60 bits per heavy atom. The van der Waals surface area contributed by atoms with Crippen molar-refractivity contribution in [3.8, 4) is 0 Å². The molecule has 4 heteroatoms. The van der Waals surface area contributed by atoms with E-state index < -0.39 is 0 Å². The zero-order chi connectivity index (χ0) is 7.23. The highest BCUT2D eigenvalue weighted by Crippen LogP contribution is 2.03. The molecular formula is C6H11NO3. The second kappa shape index (κ2) is 4.24. The molecule has 1 saturated heterocycles. The van der Waals surface area contributed by atoms with Crippen LogP contribution in [0, 0.1) is 0 Å². The van der Waals surface area contributed by atoms with Crippen LogP contribution in [-0.4, -0.2) is 32.3 Å². The second-order valence-electron chi connectivity index (χ2n) is 1.83. The third-order valence-electron chi connectivity index (χ3n) is 1.08. The molecule has 0 unspecified atom stereocenters. The molecule has 0 radical (unpaired) electrons. The van der Waals surface area contributed by atoms with Gasteiger partial charge in [0.05, 0.1) is 13.2 Å². The predicted octanol–water partition coefficient (Wildman–Crippen LogP) is 0.382. The van der Waals surface area contributed by atoms with Gasteiger partial charge in [-0.1, -0.05) is 5.16 Å². The highest BCUT2D eigenvalue weighted by atomic mass is 16.7. The molecule has 1 rings (SSSR count). The van der Waals surface area contributed by atoms with E-state index in [1.807, 2.05) is 0 Å². The van der Waals surface area contributed by atoms with Gasteiger partial charge in [-0.3, -0.25) is 0 Å². The molecule has 0 aromatic heterocycles. The van der Waals surface area contributed by atoms with Crippen LogP contribution in [0.15, 0.2) is 5.16 Å². The molecule has 1 aliphatic heterocycles. The predicted molar refractivity (Wildman–Crippen MR) is 35.8 cm³/mol. The van der Waals surface area contributed by atoms with Crippen LogP contribution in [0.1, 0.15) is 6.92 Å². The first-order valence-corrected chi connectivity index (χ1v) is 3.26. The van der Waals surface area contributed by atoms with Gasteiger partial charge in [-0.2, -0.15) is 0 Å². The van der Waals surface area contributed by atoms with Crippen LogP contribution in [0.2, 0.25) is 0 Å². The van der Waals surface area contributed by atoms with Crippen LogP contribution in [0.3, 0.4) is 0 Å². The van der Waals surface area contributed by atoms with E-state index >= 15 is 0 Å². The van der Waals surface area contributed by atoms with Crippen molar-refractivity contribution in [2.45, 2.75) is 13.2 Å². The molecule has 0 aliphatic carbocycles. The molecule has 0 aromatic carbocycles. The van der Waals surface area contributed by atoms with Gasteiger partial charge in [-0.05, 0) is 6.92 Å². The van der Waals surface area contributed by atoms with Gasteiger partial charge in [-0.15, -0.1) is 0 Å². The van der Waals surface area contributed by atoms with Gasteiger partial charge in [0.25, 0.3) is 0 Å². The van der Waals surface area contributed by atoms with Crippen LogP contribution in [-0.2, 0) is 14.3 Å². The Morgan fingerprint density at radius 3 is 2.90 bits per heavy atom. The Labute approximate surface area is 59.7 Å². The Bertz CT molecular complexity index is 110. The summed E-state index contributed by atoms with van der Waals surface area (Å²) in [6.45, 7) is 3.48. The lowest BCUT2D eigenvalue weighted by atomic mass is 10.7. The summed E-state index contributed by atoms with van der Waals surface area (Å²) in [7, 11) is 0. The average molecular weight is 145 g/mol. The fraction of sp³-hybridized carbons (Fsp3) is 0.833. The number of hydrogen-bond acceptors (Lipinski definition) is 4. The number of nitrogens with zero attached hydrogens (tertiary/aromatic N) is 1. The van der Waals surface area contributed by atoms with Gasteiger partial charge in [0.15, 0.2) is 12.9 Å². The molecule has 1 aliphatic rings. The zero-order valence-corrected chi connectivity index (χ0v) is 5.95. The van der Waals surface area contributed by atoms with Gasteiger partial charge >= 0.3 is 0 Å². The maximum absolute atomic E-state index is 5.08. The van der Waals surface area contributed by atoms with E-state index in [2.05, 4.69) is 5.16 Å². The summed E-state index contributed by atoms with van der Waals surface area (Å²) in [4.78, 5) is 4.79. The van der Waals surface area contributed by atoms with E-state index in [1.165, 1.54) is 0 Å². The summed E-state index contributed by atoms with van der Waals surface area (Å²) in [6.07, 6.45) is 1.36. The van der Waals surface area contributed by atoms with Crippen LogP contribution < -0.4 is 0 Å². The summed E-state index contributed by atoms with van der Waals surface area (Å²) < 4.78 is 10.2. The fourth-order valence-corrected chi connectivity index (χ4v) is 0.682. The molecular weight excluding hydrogens is 134 g/mol. The van der Waals surface area contributed by atoms with Crippen molar-refractivity contribution in [1.82, 2.24) is 0 Å². The fourth-order valence-electron chi connectivity index (χ4n) is 0.682. The van der Waals surface area contributed by atoms with Crippen molar-refractivity contribution >= 4 is 6.21 Å². The maximum Gasteiger partial charge on any atom is 0.194 e. The number of oxime groups is 1. The molecule has 10 heavy (non-hydrogen) atoms. The van der Waals surface area contributed by atoms with Gasteiger partial charge in [0, 0.05) is 6.21 Å². The minimum Gasteiger partial charge on any atom is -0.391 e. The number of hydrogen-bond donors (Lipinski definition) is 0. The summed E-state index contributed by atoms with van der Waals surface area (Å²) >= 11 is 0. The van der Waals surface area contributed by atoms with Crippen LogP contribution in [0.25, 0.3) is 0 Å². The van der Waals surface area contributed by atoms with Crippen LogP contribution in [0.4, 0.5) is 0 Å². The lowest BCUT2D eigenvalue weighted by Gasteiger charge is -2.05. The zero-order valence-electron chi connectivity index (χ0n) is 5.95.